The number of carbonyl (C=O) groups excluding carboxylic acids is 2. The average molecular weight is 486 g/mol. The van der Waals surface area contributed by atoms with Crippen LogP contribution in [0.25, 0.3) is 0 Å². The van der Waals surface area contributed by atoms with E-state index in [1.54, 1.807) is 16.4 Å². The molecule has 2 N–H and O–H groups in total. The molecule has 2 saturated heterocycles. The maximum absolute atomic E-state index is 13.9. The van der Waals surface area contributed by atoms with Crippen molar-refractivity contribution in [1.82, 2.24) is 29.7 Å². The standard InChI is InChI=1S/C24H35N7O4/c1-24(2,3)21(31-13-17(26-28-31)14-7-8-14)23(34)30-12-15(32)10-18(30)22(33)25-20-11-16(27-29(20)4)19-6-5-9-35-19/h11,13-15,18-19,21,32H,5-10,12H2,1-4H3,(H,25,33)/t15-,18+,19?,21-/m0/s1. The van der Waals surface area contributed by atoms with Gasteiger partial charge in [0.2, 0.25) is 11.8 Å². The van der Waals surface area contributed by atoms with Crippen molar-refractivity contribution in [2.24, 2.45) is 12.5 Å². The van der Waals surface area contributed by atoms with Crippen molar-refractivity contribution >= 4 is 17.6 Å². The first-order chi connectivity index (χ1) is 16.6. The Balaban J connectivity index is 1.35. The molecule has 35 heavy (non-hydrogen) atoms. The molecule has 2 aromatic rings. The number of β-amino-alcohol motifs (C(OH)–C–C–N with tert-alkyl or cyclic N) is 1. The van der Waals surface area contributed by atoms with E-state index in [9.17, 15) is 14.7 Å². The van der Waals surface area contributed by atoms with E-state index in [0.717, 1.165) is 37.1 Å². The molecule has 0 aromatic carbocycles. The molecular weight excluding hydrogens is 450 g/mol. The van der Waals surface area contributed by atoms with Crippen LogP contribution in [0, 0.1) is 5.41 Å². The number of carbonyl (C=O) groups is 2. The minimum absolute atomic E-state index is 0.0611. The van der Waals surface area contributed by atoms with Gasteiger partial charge in [0.25, 0.3) is 0 Å². The topological polar surface area (TPSA) is 127 Å². The number of aryl methyl sites for hydroxylation is 1. The van der Waals surface area contributed by atoms with Gasteiger partial charge in [0, 0.05) is 44.8 Å². The number of rotatable bonds is 6. The summed E-state index contributed by atoms with van der Waals surface area (Å²) in [6.07, 6.45) is 5.27. The Hall–Kier alpha value is -2.79. The second kappa shape index (κ2) is 9.02. The first kappa shape index (κ1) is 23.9. The first-order valence-corrected chi connectivity index (χ1v) is 12.5. The van der Waals surface area contributed by atoms with Gasteiger partial charge in [-0.2, -0.15) is 5.10 Å². The molecule has 0 spiro atoms. The van der Waals surface area contributed by atoms with Crippen LogP contribution in [0.2, 0.25) is 0 Å². The van der Waals surface area contributed by atoms with Gasteiger partial charge < -0.3 is 20.1 Å². The highest BCUT2D eigenvalue weighted by Gasteiger charge is 2.45. The summed E-state index contributed by atoms with van der Waals surface area (Å²) in [5.74, 6) is 0.366. The lowest BCUT2D eigenvalue weighted by Gasteiger charge is -2.34. The van der Waals surface area contributed by atoms with Gasteiger partial charge in [0.15, 0.2) is 0 Å². The number of likely N-dealkylation sites (tertiary alicyclic amines) is 1. The van der Waals surface area contributed by atoms with Gasteiger partial charge in [-0.3, -0.25) is 14.3 Å². The van der Waals surface area contributed by atoms with Crippen LogP contribution >= 0.6 is 0 Å². The SMILES string of the molecule is Cn1nc(C2CCCO2)cc1NC(=O)[C@H]1C[C@H](O)CN1C(=O)[C@H](n1cc(C2CC2)nn1)C(C)(C)C. The van der Waals surface area contributed by atoms with Crippen molar-refractivity contribution in [1.29, 1.82) is 0 Å². The molecule has 11 nitrogen and oxygen atoms in total. The molecular formula is C24H35N7O4. The summed E-state index contributed by atoms with van der Waals surface area (Å²) < 4.78 is 8.95. The summed E-state index contributed by atoms with van der Waals surface area (Å²) in [7, 11) is 1.76. The Bertz CT molecular complexity index is 1090. The summed E-state index contributed by atoms with van der Waals surface area (Å²) in [6, 6.07) is 0.374. The summed E-state index contributed by atoms with van der Waals surface area (Å²) in [4.78, 5) is 28.7. The van der Waals surface area contributed by atoms with E-state index in [1.165, 1.54) is 4.90 Å². The molecule has 190 valence electrons. The molecule has 4 atom stereocenters. The second-order valence-corrected chi connectivity index (χ2v) is 11.1. The molecule has 3 aliphatic rings. The minimum atomic E-state index is -0.796. The predicted molar refractivity (Wildman–Crippen MR) is 126 cm³/mol. The van der Waals surface area contributed by atoms with Crippen LogP contribution in [0.5, 0.6) is 0 Å². The maximum atomic E-state index is 13.9. The zero-order valence-electron chi connectivity index (χ0n) is 20.8. The van der Waals surface area contributed by atoms with Gasteiger partial charge in [0.05, 0.1) is 17.5 Å². The number of aliphatic hydroxyl groups is 1. The molecule has 1 saturated carbocycles. The van der Waals surface area contributed by atoms with Crippen molar-refractivity contribution < 1.29 is 19.4 Å². The van der Waals surface area contributed by atoms with E-state index in [4.69, 9.17) is 4.74 Å². The van der Waals surface area contributed by atoms with E-state index in [2.05, 4.69) is 20.7 Å². The first-order valence-electron chi connectivity index (χ1n) is 12.5. The van der Waals surface area contributed by atoms with Crippen LogP contribution in [-0.4, -0.2) is 71.9 Å². The number of amides is 2. The van der Waals surface area contributed by atoms with Crippen LogP contribution in [0.3, 0.4) is 0 Å². The number of anilines is 1. The molecule has 4 heterocycles. The van der Waals surface area contributed by atoms with Gasteiger partial charge in [-0.15, -0.1) is 5.10 Å². The van der Waals surface area contributed by atoms with Crippen LogP contribution < -0.4 is 5.32 Å². The van der Waals surface area contributed by atoms with Gasteiger partial charge in [-0.25, -0.2) is 4.68 Å². The molecule has 5 rings (SSSR count). The maximum Gasteiger partial charge on any atom is 0.248 e. The number of aromatic nitrogens is 5. The number of hydrogen-bond donors (Lipinski definition) is 2. The summed E-state index contributed by atoms with van der Waals surface area (Å²) in [5, 5.41) is 26.4. The lowest BCUT2D eigenvalue weighted by atomic mass is 9.85. The van der Waals surface area contributed by atoms with Gasteiger partial charge >= 0.3 is 0 Å². The Morgan fingerprint density at radius 3 is 2.66 bits per heavy atom. The fraction of sp³-hybridized carbons (Fsp3) is 0.708. The Morgan fingerprint density at radius 2 is 2.00 bits per heavy atom. The molecule has 0 radical (unpaired) electrons. The van der Waals surface area contributed by atoms with E-state index >= 15 is 0 Å². The Labute approximate surface area is 204 Å². The third kappa shape index (κ3) is 4.84. The van der Waals surface area contributed by atoms with E-state index in [1.807, 2.05) is 33.0 Å². The van der Waals surface area contributed by atoms with Crippen LogP contribution in [0.1, 0.15) is 82.3 Å². The molecule has 2 amide bonds. The molecule has 0 bridgehead atoms. The molecule has 3 fully saturated rings. The molecule has 11 heteroatoms. The van der Waals surface area contributed by atoms with Crippen LogP contribution in [0.15, 0.2) is 12.3 Å². The monoisotopic (exact) mass is 485 g/mol. The zero-order valence-corrected chi connectivity index (χ0v) is 20.8. The number of ether oxygens (including phenoxy) is 1. The summed E-state index contributed by atoms with van der Waals surface area (Å²) in [5.41, 5.74) is 1.21. The van der Waals surface area contributed by atoms with Gasteiger partial charge in [0.1, 0.15) is 24.0 Å². The fourth-order valence-corrected chi connectivity index (χ4v) is 5.11. The molecule has 2 aromatic heterocycles. The van der Waals surface area contributed by atoms with Gasteiger partial charge in [-0.05, 0) is 31.1 Å². The van der Waals surface area contributed by atoms with Crippen LogP contribution in [0.4, 0.5) is 5.82 Å². The van der Waals surface area contributed by atoms with Crippen molar-refractivity contribution in [2.75, 3.05) is 18.5 Å². The highest BCUT2D eigenvalue weighted by atomic mass is 16.5. The Morgan fingerprint density at radius 1 is 1.23 bits per heavy atom. The largest absolute Gasteiger partial charge is 0.391 e. The highest BCUT2D eigenvalue weighted by molar-refractivity contribution is 5.97. The van der Waals surface area contributed by atoms with Crippen molar-refractivity contribution in [3.05, 3.63) is 23.7 Å². The quantitative estimate of drug-likeness (QED) is 0.640. The van der Waals surface area contributed by atoms with Crippen molar-refractivity contribution in [2.45, 2.75) is 83.1 Å². The third-order valence-corrected chi connectivity index (χ3v) is 7.12. The van der Waals surface area contributed by atoms with Gasteiger partial charge in [-0.1, -0.05) is 26.0 Å². The molecule has 1 aliphatic carbocycles. The normalized spacial score (nSPS) is 25.7. The van der Waals surface area contributed by atoms with Crippen molar-refractivity contribution in [3.63, 3.8) is 0 Å². The minimum Gasteiger partial charge on any atom is -0.391 e. The number of hydrogen-bond acceptors (Lipinski definition) is 7. The predicted octanol–water partition coefficient (Wildman–Crippen LogP) is 1.93. The lowest BCUT2D eigenvalue weighted by molar-refractivity contribution is -0.142. The second-order valence-electron chi connectivity index (χ2n) is 11.1. The zero-order chi connectivity index (χ0) is 24.9. The lowest BCUT2D eigenvalue weighted by Crippen LogP contribution is -2.49. The van der Waals surface area contributed by atoms with E-state index in [-0.39, 0.29) is 30.9 Å². The average Bonchev–Trinajstić information content (AvgIpc) is 3.19. The summed E-state index contributed by atoms with van der Waals surface area (Å²) >= 11 is 0. The van der Waals surface area contributed by atoms with E-state index < -0.39 is 23.6 Å². The highest BCUT2D eigenvalue weighted by Crippen LogP contribution is 2.40. The third-order valence-electron chi connectivity index (χ3n) is 7.12. The van der Waals surface area contributed by atoms with Crippen LogP contribution in [-0.2, 0) is 21.4 Å². The number of nitrogens with one attached hydrogen (secondary N) is 1. The number of aliphatic hydroxyl groups excluding tert-OH is 1. The molecule has 2 aliphatic heterocycles. The summed E-state index contributed by atoms with van der Waals surface area (Å²) in [6.45, 7) is 6.72. The fourth-order valence-electron chi connectivity index (χ4n) is 5.11. The smallest absolute Gasteiger partial charge is 0.248 e. The number of nitrogens with zero attached hydrogens (tertiary/aromatic N) is 6. The van der Waals surface area contributed by atoms with E-state index in [0.29, 0.717) is 18.3 Å². The molecule has 1 unspecified atom stereocenters. The Kier molecular flexibility index (Phi) is 6.16. The van der Waals surface area contributed by atoms with Crippen molar-refractivity contribution in [3.8, 4) is 0 Å².